The molecule has 6 nitrogen and oxygen atoms in total. The minimum absolute atomic E-state index is 0. The van der Waals surface area contributed by atoms with Gasteiger partial charge in [-0.1, -0.05) is 13.3 Å². The van der Waals surface area contributed by atoms with Gasteiger partial charge in [-0.3, -0.25) is 4.99 Å². The summed E-state index contributed by atoms with van der Waals surface area (Å²) < 4.78 is 2.36. The highest BCUT2D eigenvalue weighted by atomic mass is 127. The highest BCUT2D eigenvalue weighted by Gasteiger charge is 2.19. The predicted molar refractivity (Wildman–Crippen MR) is 117 cm³/mol. The molecule has 0 radical (unpaired) electrons. The van der Waals surface area contributed by atoms with Crippen LogP contribution < -0.4 is 5.32 Å². The first-order valence-corrected chi connectivity index (χ1v) is 10.2. The van der Waals surface area contributed by atoms with E-state index in [1.165, 1.54) is 37.9 Å². The van der Waals surface area contributed by atoms with E-state index in [9.17, 15) is 0 Å². The number of piperidine rings is 1. The summed E-state index contributed by atoms with van der Waals surface area (Å²) in [6.45, 7) is 9.63. The molecule has 148 valence electrons. The van der Waals surface area contributed by atoms with E-state index in [4.69, 9.17) is 4.99 Å². The van der Waals surface area contributed by atoms with Gasteiger partial charge < -0.3 is 14.8 Å². The molecule has 1 saturated heterocycles. The van der Waals surface area contributed by atoms with Crippen LogP contribution >= 0.6 is 24.0 Å². The molecule has 1 aromatic rings. The van der Waals surface area contributed by atoms with Crippen LogP contribution in [0.5, 0.6) is 0 Å². The van der Waals surface area contributed by atoms with Crippen LogP contribution in [0.1, 0.15) is 64.0 Å². The topological polar surface area (TPSA) is 58.3 Å². The second-order valence-corrected chi connectivity index (χ2v) is 7.53. The van der Waals surface area contributed by atoms with Crippen molar-refractivity contribution in [3.8, 4) is 0 Å². The molecule has 0 amide bonds. The lowest BCUT2D eigenvalue weighted by molar-refractivity contribution is 0.266. The second-order valence-electron chi connectivity index (χ2n) is 7.53. The molecule has 1 atom stereocenters. The third-order valence-electron chi connectivity index (χ3n) is 5.30. The van der Waals surface area contributed by atoms with Crippen molar-refractivity contribution in [2.45, 2.75) is 71.8 Å². The molecule has 0 saturated carbocycles. The Morgan fingerprint density at radius 3 is 2.88 bits per heavy atom. The van der Waals surface area contributed by atoms with Gasteiger partial charge in [0.25, 0.3) is 0 Å². The maximum Gasteiger partial charge on any atom is 0.193 e. The van der Waals surface area contributed by atoms with Crippen LogP contribution in [-0.2, 0) is 19.4 Å². The van der Waals surface area contributed by atoms with Crippen LogP contribution in [0.4, 0.5) is 0 Å². The minimum atomic E-state index is 0. The molecule has 26 heavy (non-hydrogen) atoms. The Balaban J connectivity index is 0.00000243. The lowest BCUT2D eigenvalue weighted by atomic mass is 10.0. The smallest absolute Gasteiger partial charge is 0.193 e. The summed E-state index contributed by atoms with van der Waals surface area (Å²) in [4.78, 5) is 7.31. The summed E-state index contributed by atoms with van der Waals surface area (Å²) >= 11 is 0. The van der Waals surface area contributed by atoms with Crippen LogP contribution in [0.3, 0.4) is 0 Å². The van der Waals surface area contributed by atoms with Crippen LogP contribution in [0.2, 0.25) is 0 Å². The first-order chi connectivity index (χ1) is 12.3. The summed E-state index contributed by atoms with van der Waals surface area (Å²) in [5.74, 6) is 4.20. The van der Waals surface area contributed by atoms with Gasteiger partial charge in [-0.2, -0.15) is 0 Å². The molecule has 0 bridgehead atoms. The number of hydrogen-bond acceptors (Lipinski definition) is 3. The Labute approximate surface area is 175 Å². The molecule has 2 aliphatic rings. The number of likely N-dealkylation sites (tertiary alicyclic amines) is 1. The molecule has 0 aromatic carbocycles. The van der Waals surface area contributed by atoms with Gasteiger partial charge >= 0.3 is 0 Å². The van der Waals surface area contributed by atoms with Crippen molar-refractivity contribution in [2.24, 2.45) is 10.9 Å². The van der Waals surface area contributed by atoms with Gasteiger partial charge in [0.05, 0.1) is 0 Å². The number of aromatic nitrogens is 3. The average Bonchev–Trinajstić information content (AvgIpc) is 2.84. The minimum Gasteiger partial charge on any atom is -0.357 e. The zero-order chi connectivity index (χ0) is 17.5. The van der Waals surface area contributed by atoms with Gasteiger partial charge in [-0.05, 0) is 44.9 Å². The fourth-order valence-electron chi connectivity index (χ4n) is 3.96. The average molecular weight is 474 g/mol. The molecule has 0 aliphatic carbocycles. The molecule has 2 aliphatic heterocycles. The van der Waals surface area contributed by atoms with E-state index in [0.29, 0.717) is 0 Å². The van der Waals surface area contributed by atoms with Crippen LogP contribution in [0.25, 0.3) is 0 Å². The molecule has 1 N–H and O–H groups in total. The van der Waals surface area contributed by atoms with Crippen molar-refractivity contribution in [1.82, 2.24) is 25.0 Å². The van der Waals surface area contributed by atoms with E-state index < -0.39 is 0 Å². The SMILES string of the molecule is CCNC(=NCCCc1nnc2n1CCCCC2)N1CCCC(C)C1.I. The quantitative estimate of drug-likeness (QED) is 0.308. The molecule has 0 spiro atoms. The van der Waals surface area contributed by atoms with Crippen molar-refractivity contribution < 1.29 is 0 Å². The number of rotatable bonds is 5. The largest absolute Gasteiger partial charge is 0.357 e. The first kappa shape index (κ1) is 21.4. The van der Waals surface area contributed by atoms with Crippen LogP contribution in [0.15, 0.2) is 4.99 Å². The van der Waals surface area contributed by atoms with E-state index in [1.807, 2.05) is 0 Å². The second kappa shape index (κ2) is 11.1. The third-order valence-corrected chi connectivity index (χ3v) is 5.30. The molecule has 3 heterocycles. The van der Waals surface area contributed by atoms with E-state index in [1.54, 1.807) is 0 Å². The number of aliphatic imine (C=N–C) groups is 1. The van der Waals surface area contributed by atoms with Gasteiger partial charge in [0, 0.05) is 45.6 Å². The predicted octanol–water partition coefficient (Wildman–Crippen LogP) is 3.25. The van der Waals surface area contributed by atoms with Gasteiger partial charge in [0.15, 0.2) is 5.96 Å². The van der Waals surface area contributed by atoms with Crippen molar-refractivity contribution in [1.29, 1.82) is 0 Å². The summed E-state index contributed by atoms with van der Waals surface area (Å²) in [7, 11) is 0. The van der Waals surface area contributed by atoms with Crippen LogP contribution in [-0.4, -0.2) is 51.8 Å². The zero-order valence-corrected chi connectivity index (χ0v) is 18.7. The summed E-state index contributed by atoms with van der Waals surface area (Å²) in [6.07, 6.45) is 9.54. The highest BCUT2D eigenvalue weighted by molar-refractivity contribution is 14.0. The third kappa shape index (κ3) is 5.82. The lowest BCUT2D eigenvalue weighted by Gasteiger charge is -2.33. The van der Waals surface area contributed by atoms with Crippen molar-refractivity contribution in [2.75, 3.05) is 26.2 Å². The number of halogens is 1. The fraction of sp³-hybridized carbons (Fsp3) is 0.842. The van der Waals surface area contributed by atoms with Gasteiger partial charge in [-0.25, -0.2) is 0 Å². The Hall–Kier alpha value is -0.860. The lowest BCUT2D eigenvalue weighted by Crippen LogP contribution is -2.46. The molecule has 3 rings (SSSR count). The van der Waals surface area contributed by atoms with Gasteiger partial charge in [-0.15, -0.1) is 34.2 Å². The molecular formula is C19H35IN6. The highest BCUT2D eigenvalue weighted by Crippen LogP contribution is 2.16. The standard InChI is InChI=1S/C19H34N6.HI/c1-3-20-19(24-13-8-9-16(2)15-24)21-12-7-11-18-23-22-17-10-5-4-6-14-25(17)18;/h16H,3-15H2,1-2H3,(H,20,21);1H. The van der Waals surface area contributed by atoms with E-state index in [2.05, 4.69) is 38.8 Å². The summed E-state index contributed by atoms with van der Waals surface area (Å²) in [5.41, 5.74) is 0. The number of hydrogen-bond donors (Lipinski definition) is 1. The van der Waals surface area contributed by atoms with E-state index >= 15 is 0 Å². The molecule has 7 heteroatoms. The monoisotopic (exact) mass is 474 g/mol. The number of aryl methyl sites for hydroxylation is 2. The fourth-order valence-corrected chi connectivity index (χ4v) is 3.96. The first-order valence-electron chi connectivity index (χ1n) is 10.2. The molecule has 1 aromatic heterocycles. The molecular weight excluding hydrogens is 439 g/mol. The Bertz CT molecular complexity index is 570. The summed E-state index contributed by atoms with van der Waals surface area (Å²) in [6, 6.07) is 0. The van der Waals surface area contributed by atoms with Gasteiger partial charge in [0.1, 0.15) is 11.6 Å². The Morgan fingerprint density at radius 2 is 2.08 bits per heavy atom. The van der Waals surface area contributed by atoms with E-state index in [0.717, 1.165) is 69.7 Å². The van der Waals surface area contributed by atoms with Crippen molar-refractivity contribution in [3.63, 3.8) is 0 Å². The number of guanidine groups is 1. The Kier molecular flexibility index (Phi) is 9.15. The summed E-state index contributed by atoms with van der Waals surface area (Å²) in [5, 5.41) is 12.3. The molecule has 1 fully saturated rings. The van der Waals surface area contributed by atoms with Crippen molar-refractivity contribution >= 4 is 29.9 Å². The Morgan fingerprint density at radius 1 is 1.19 bits per heavy atom. The number of nitrogens with one attached hydrogen (secondary N) is 1. The zero-order valence-electron chi connectivity index (χ0n) is 16.4. The molecule has 1 unspecified atom stereocenters. The number of fused-ring (bicyclic) bond motifs is 1. The van der Waals surface area contributed by atoms with Crippen molar-refractivity contribution in [3.05, 3.63) is 11.6 Å². The normalized spacial score (nSPS) is 20.9. The number of nitrogens with zero attached hydrogens (tertiary/aromatic N) is 5. The maximum absolute atomic E-state index is 4.88. The van der Waals surface area contributed by atoms with Crippen LogP contribution in [0, 0.1) is 5.92 Å². The van der Waals surface area contributed by atoms with Gasteiger partial charge in [0.2, 0.25) is 0 Å². The van der Waals surface area contributed by atoms with E-state index in [-0.39, 0.29) is 24.0 Å². The maximum atomic E-state index is 4.88.